The standard InChI is InChI=1S/C10H16N2/c11-9-7-5-3-1-2-4-6-8-10-12/h3-6H,1-2,7-9,11H2. The lowest BCUT2D eigenvalue weighted by Crippen LogP contribution is -1.94. The molecule has 0 aliphatic rings. The molecule has 0 aliphatic carbocycles. The number of allylic oxidation sites excluding steroid dienone is 3. The molecule has 0 saturated carbocycles. The highest BCUT2D eigenvalue weighted by molar-refractivity contribution is 4.92. The van der Waals surface area contributed by atoms with E-state index in [1.165, 1.54) is 0 Å². The van der Waals surface area contributed by atoms with Gasteiger partial charge < -0.3 is 5.73 Å². The van der Waals surface area contributed by atoms with E-state index < -0.39 is 0 Å². The van der Waals surface area contributed by atoms with Crippen molar-refractivity contribution in [2.45, 2.75) is 25.7 Å². The largest absolute Gasteiger partial charge is 0.330 e. The summed E-state index contributed by atoms with van der Waals surface area (Å²) in [6.07, 6.45) is 11.7. The smallest absolute Gasteiger partial charge is 0.0663 e. The molecular weight excluding hydrogens is 148 g/mol. The van der Waals surface area contributed by atoms with Crippen molar-refractivity contribution in [1.82, 2.24) is 0 Å². The maximum absolute atomic E-state index is 8.21. The summed E-state index contributed by atoms with van der Waals surface area (Å²) in [6, 6.07) is 2.06. The van der Waals surface area contributed by atoms with Gasteiger partial charge >= 0.3 is 0 Å². The first-order valence-electron chi connectivity index (χ1n) is 4.29. The van der Waals surface area contributed by atoms with Gasteiger partial charge in [0.1, 0.15) is 0 Å². The van der Waals surface area contributed by atoms with E-state index in [4.69, 9.17) is 11.0 Å². The van der Waals surface area contributed by atoms with Gasteiger partial charge in [-0.25, -0.2) is 0 Å². The summed E-state index contributed by atoms with van der Waals surface area (Å²) in [5.41, 5.74) is 5.31. The van der Waals surface area contributed by atoms with Crippen LogP contribution in [-0.2, 0) is 0 Å². The molecule has 2 heteroatoms. The van der Waals surface area contributed by atoms with Crippen LogP contribution in [0.1, 0.15) is 25.7 Å². The first kappa shape index (κ1) is 10.9. The average Bonchev–Trinajstić information content (AvgIpc) is 2.10. The monoisotopic (exact) mass is 164 g/mol. The van der Waals surface area contributed by atoms with Crippen LogP contribution in [0.2, 0.25) is 0 Å². The van der Waals surface area contributed by atoms with E-state index in [1.54, 1.807) is 0 Å². The van der Waals surface area contributed by atoms with Crippen molar-refractivity contribution in [2.75, 3.05) is 6.54 Å². The van der Waals surface area contributed by atoms with Gasteiger partial charge in [0, 0.05) is 0 Å². The van der Waals surface area contributed by atoms with Crippen LogP contribution in [0, 0.1) is 11.3 Å². The zero-order chi connectivity index (χ0) is 9.07. The summed E-state index contributed by atoms with van der Waals surface area (Å²) in [5, 5.41) is 8.21. The van der Waals surface area contributed by atoms with Crippen LogP contribution in [0.3, 0.4) is 0 Å². The van der Waals surface area contributed by atoms with Gasteiger partial charge in [-0.15, -0.1) is 0 Å². The summed E-state index contributed by atoms with van der Waals surface area (Å²) in [4.78, 5) is 0. The fraction of sp³-hybridized carbons (Fsp3) is 0.500. The molecule has 0 aromatic rings. The summed E-state index contributed by atoms with van der Waals surface area (Å²) < 4.78 is 0. The highest BCUT2D eigenvalue weighted by Gasteiger charge is 1.77. The summed E-state index contributed by atoms with van der Waals surface area (Å²) in [6.45, 7) is 0.723. The third-order valence-corrected chi connectivity index (χ3v) is 1.38. The molecule has 0 spiro atoms. The first-order chi connectivity index (χ1) is 5.91. The van der Waals surface area contributed by atoms with Gasteiger partial charge in [0.2, 0.25) is 0 Å². The number of unbranched alkanes of at least 4 members (excludes halogenated alkanes) is 1. The molecule has 0 unspecified atom stereocenters. The third-order valence-electron chi connectivity index (χ3n) is 1.38. The molecular formula is C10H16N2. The van der Waals surface area contributed by atoms with Crippen LogP contribution in [0.15, 0.2) is 24.3 Å². The van der Waals surface area contributed by atoms with Gasteiger partial charge in [-0.3, -0.25) is 0 Å². The van der Waals surface area contributed by atoms with Crippen LogP contribution in [0.5, 0.6) is 0 Å². The Morgan fingerprint density at radius 2 is 1.58 bits per heavy atom. The molecule has 2 nitrogen and oxygen atoms in total. The summed E-state index contributed by atoms with van der Waals surface area (Å²) >= 11 is 0. The molecule has 0 aromatic heterocycles. The Balaban J connectivity index is 3.15. The number of nitrogens with two attached hydrogens (primary N) is 1. The lowest BCUT2D eigenvalue weighted by Gasteiger charge is -1.86. The Hall–Kier alpha value is -1.07. The number of rotatable bonds is 6. The molecule has 0 fully saturated rings. The van der Waals surface area contributed by atoms with E-state index in [0.717, 1.165) is 25.8 Å². The predicted molar refractivity (Wildman–Crippen MR) is 51.4 cm³/mol. The molecule has 12 heavy (non-hydrogen) atoms. The predicted octanol–water partition coefficient (Wildman–Crippen LogP) is 2.14. The minimum absolute atomic E-state index is 0.520. The molecule has 0 heterocycles. The van der Waals surface area contributed by atoms with Crippen molar-refractivity contribution in [1.29, 1.82) is 5.26 Å². The second kappa shape index (κ2) is 9.93. The van der Waals surface area contributed by atoms with Crippen LogP contribution in [-0.4, -0.2) is 6.54 Å². The number of nitriles is 1. The van der Waals surface area contributed by atoms with Gasteiger partial charge in [-0.1, -0.05) is 24.3 Å². The molecule has 0 aliphatic heterocycles. The maximum atomic E-state index is 8.21. The molecule has 0 saturated heterocycles. The minimum atomic E-state index is 0.520. The second-order valence-electron chi connectivity index (χ2n) is 2.46. The highest BCUT2D eigenvalue weighted by Crippen LogP contribution is 1.94. The topological polar surface area (TPSA) is 49.8 Å². The fourth-order valence-electron chi connectivity index (χ4n) is 0.778. The molecule has 0 atom stereocenters. The van der Waals surface area contributed by atoms with E-state index >= 15 is 0 Å². The summed E-state index contributed by atoms with van der Waals surface area (Å²) in [5.74, 6) is 0. The van der Waals surface area contributed by atoms with E-state index in [0.29, 0.717) is 6.42 Å². The Morgan fingerprint density at radius 1 is 1.00 bits per heavy atom. The number of hydrogen-bond donors (Lipinski definition) is 1. The second-order valence-corrected chi connectivity index (χ2v) is 2.46. The van der Waals surface area contributed by atoms with Crippen molar-refractivity contribution in [3.8, 4) is 6.07 Å². The zero-order valence-electron chi connectivity index (χ0n) is 7.37. The van der Waals surface area contributed by atoms with E-state index in [-0.39, 0.29) is 0 Å². The summed E-state index contributed by atoms with van der Waals surface area (Å²) in [7, 11) is 0. The quantitative estimate of drug-likeness (QED) is 0.483. The first-order valence-corrected chi connectivity index (χ1v) is 4.29. The van der Waals surface area contributed by atoms with Crippen LogP contribution in [0.4, 0.5) is 0 Å². The Kier molecular flexibility index (Phi) is 9.04. The van der Waals surface area contributed by atoms with Gasteiger partial charge in [0.05, 0.1) is 12.5 Å². The van der Waals surface area contributed by atoms with E-state index in [9.17, 15) is 0 Å². The highest BCUT2D eigenvalue weighted by atomic mass is 14.5. The maximum Gasteiger partial charge on any atom is 0.0663 e. The van der Waals surface area contributed by atoms with Crippen LogP contribution < -0.4 is 5.73 Å². The fourth-order valence-corrected chi connectivity index (χ4v) is 0.778. The van der Waals surface area contributed by atoms with Gasteiger partial charge in [0.25, 0.3) is 0 Å². The zero-order valence-corrected chi connectivity index (χ0v) is 7.37. The number of hydrogen-bond acceptors (Lipinski definition) is 2. The normalized spacial score (nSPS) is 11.0. The van der Waals surface area contributed by atoms with Crippen molar-refractivity contribution in [3.63, 3.8) is 0 Å². The van der Waals surface area contributed by atoms with Crippen LogP contribution >= 0.6 is 0 Å². The lowest BCUT2D eigenvalue weighted by atomic mass is 10.2. The molecule has 2 N–H and O–H groups in total. The van der Waals surface area contributed by atoms with Gasteiger partial charge in [0.15, 0.2) is 0 Å². The van der Waals surface area contributed by atoms with Crippen molar-refractivity contribution >= 4 is 0 Å². The molecule has 0 amide bonds. The molecule has 0 bridgehead atoms. The minimum Gasteiger partial charge on any atom is -0.330 e. The Bertz CT molecular complexity index is 175. The Labute approximate surface area is 74.4 Å². The molecule has 0 radical (unpaired) electrons. The van der Waals surface area contributed by atoms with E-state index in [1.807, 2.05) is 12.2 Å². The average molecular weight is 164 g/mol. The molecule has 0 rings (SSSR count). The van der Waals surface area contributed by atoms with Gasteiger partial charge in [-0.05, 0) is 25.8 Å². The third kappa shape index (κ3) is 8.93. The Morgan fingerprint density at radius 3 is 2.17 bits per heavy atom. The van der Waals surface area contributed by atoms with Crippen molar-refractivity contribution < 1.29 is 0 Å². The van der Waals surface area contributed by atoms with Crippen molar-refractivity contribution in [2.24, 2.45) is 5.73 Å². The lowest BCUT2D eigenvalue weighted by molar-refractivity contribution is 0.981. The van der Waals surface area contributed by atoms with E-state index in [2.05, 4.69) is 18.2 Å². The van der Waals surface area contributed by atoms with Gasteiger partial charge in [-0.2, -0.15) is 5.26 Å². The van der Waals surface area contributed by atoms with Crippen molar-refractivity contribution in [3.05, 3.63) is 24.3 Å². The van der Waals surface area contributed by atoms with Crippen LogP contribution in [0.25, 0.3) is 0 Å². The SMILES string of the molecule is N#CCC=CCCC=CCCN. The molecule has 0 aromatic carbocycles. The molecule has 66 valence electrons. The number of nitrogens with zero attached hydrogens (tertiary/aromatic N) is 1.